The molecule has 0 amide bonds. The Kier molecular flexibility index (Phi) is 14.6. The maximum atomic E-state index is 2.59. The zero-order valence-corrected chi connectivity index (χ0v) is 28.2. The first-order chi connectivity index (χ1) is 19.7. The molecule has 0 bridgehead atoms. The monoisotopic (exact) mass is 565 g/mol. The average Bonchev–Trinajstić information content (AvgIpc) is 3.75. The third-order valence-electron chi connectivity index (χ3n) is 9.52. The first-order valence-corrected chi connectivity index (χ1v) is 17.1. The highest BCUT2D eigenvalue weighted by Gasteiger charge is 2.27. The van der Waals surface area contributed by atoms with E-state index in [4.69, 9.17) is 0 Å². The second kappa shape index (κ2) is 17.6. The molecule has 2 fully saturated rings. The highest BCUT2D eigenvalue weighted by molar-refractivity contribution is 5.77. The van der Waals surface area contributed by atoms with Crippen molar-refractivity contribution in [2.45, 2.75) is 125 Å². The van der Waals surface area contributed by atoms with Gasteiger partial charge in [-0.15, -0.1) is 0 Å². The highest BCUT2D eigenvalue weighted by Crippen LogP contribution is 2.38. The molecule has 1 aromatic carbocycles. The van der Waals surface area contributed by atoms with E-state index < -0.39 is 0 Å². The maximum Gasteiger partial charge on any atom is 0.0205 e. The van der Waals surface area contributed by atoms with Crippen LogP contribution in [0.15, 0.2) is 42.0 Å². The molecule has 4 aliphatic heterocycles. The van der Waals surface area contributed by atoms with Crippen molar-refractivity contribution in [2.75, 3.05) is 52.4 Å². The molecule has 6 rings (SSSR count). The molecular weight excluding hydrogens is 500 g/mol. The number of nitrogens with zero attached hydrogens (tertiary/aromatic N) is 4. The van der Waals surface area contributed by atoms with E-state index in [0.717, 1.165) is 25.2 Å². The van der Waals surface area contributed by atoms with Gasteiger partial charge in [-0.3, -0.25) is 9.80 Å². The van der Waals surface area contributed by atoms with Crippen LogP contribution in [-0.4, -0.2) is 96.1 Å². The zero-order chi connectivity index (χ0) is 29.8. The van der Waals surface area contributed by atoms with Crippen molar-refractivity contribution in [1.29, 1.82) is 0 Å². The Hall–Kier alpha value is -1.46. The molecule has 1 aliphatic carbocycles. The summed E-state index contributed by atoms with van der Waals surface area (Å²) < 4.78 is 0. The fraction of sp³-hybridized carbons (Fsp3) is 0.730. The standard InChI is InChI=1S/C15H19N.C8H17N.C7H15N.C7H13N/c1-11(2)16-8-7-15-13(10-16)9-12-5-3-4-6-14(12)15;1-8(2)9-6-4-3-5-7-9;2*1-7(2)8-5-3-4-6-8/h3-6,11H,7-10H2,1-2H3;8H,3-7H2,1-2H3;7H,3-6H2,1-2H3;3-4,7H,5-6H2,1-2H3. The van der Waals surface area contributed by atoms with Gasteiger partial charge in [0.2, 0.25) is 0 Å². The summed E-state index contributed by atoms with van der Waals surface area (Å²) in [5.74, 6) is 0. The Morgan fingerprint density at radius 3 is 1.49 bits per heavy atom. The fourth-order valence-electron chi connectivity index (χ4n) is 6.59. The molecule has 4 heterocycles. The first-order valence-electron chi connectivity index (χ1n) is 17.1. The zero-order valence-electron chi connectivity index (χ0n) is 28.2. The smallest absolute Gasteiger partial charge is 0.0205 e. The number of benzene rings is 1. The highest BCUT2D eigenvalue weighted by atomic mass is 15.2. The number of likely N-dealkylation sites (tertiary alicyclic amines) is 2. The van der Waals surface area contributed by atoms with Gasteiger partial charge in [0.05, 0.1) is 0 Å². The number of rotatable bonds is 4. The third-order valence-corrected chi connectivity index (χ3v) is 9.52. The molecule has 5 aliphatic rings. The van der Waals surface area contributed by atoms with Gasteiger partial charge in [-0.05, 0) is 142 Å². The molecule has 0 aromatic heterocycles. The summed E-state index contributed by atoms with van der Waals surface area (Å²) in [6.45, 7) is 28.2. The Balaban J connectivity index is 0.000000160. The van der Waals surface area contributed by atoms with Gasteiger partial charge in [0.25, 0.3) is 0 Å². The van der Waals surface area contributed by atoms with E-state index in [2.05, 4.69) is 111 Å². The van der Waals surface area contributed by atoms with Gasteiger partial charge < -0.3 is 9.80 Å². The molecule has 2 saturated heterocycles. The van der Waals surface area contributed by atoms with Crippen LogP contribution in [0, 0.1) is 0 Å². The lowest BCUT2D eigenvalue weighted by Crippen LogP contribution is -2.36. The van der Waals surface area contributed by atoms with Crippen LogP contribution in [0.2, 0.25) is 0 Å². The number of fused-ring (bicyclic) bond motifs is 2. The normalized spacial score (nSPS) is 21.5. The summed E-state index contributed by atoms with van der Waals surface area (Å²) in [5.41, 5.74) is 6.38. The summed E-state index contributed by atoms with van der Waals surface area (Å²) in [7, 11) is 0. The van der Waals surface area contributed by atoms with Gasteiger partial charge in [0.1, 0.15) is 0 Å². The van der Waals surface area contributed by atoms with Crippen LogP contribution < -0.4 is 0 Å². The van der Waals surface area contributed by atoms with E-state index in [1.165, 1.54) is 95.3 Å². The van der Waals surface area contributed by atoms with Crippen LogP contribution >= 0.6 is 0 Å². The summed E-state index contributed by atoms with van der Waals surface area (Å²) in [6, 6.07) is 11.8. The molecule has 1 aromatic rings. The van der Waals surface area contributed by atoms with E-state index in [1.807, 2.05) is 0 Å². The van der Waals surface area contributed by atoms with Gasteiger partial charge in [0.15, 0.2) is 0 Å². The number of hydrogen-bond acceptors (Lipinski definition) is 4. The second-order valence-electron chi connectivity index (χ2n) is 13.8. The minimum absolute atomic E-state index is 0.678. The molecular formula is C37H64N4. The van der Waals surface area contributed by atoms with E-state index in [-0.39, 0.29) is 0 Å². The lowest BCUT2D eigenvalue weighted by molar-refractivity contribution is 0.185. The first kappa shape index (κ1) is 34.0. The van der Waals surface area contributed by atoms with E-state index in [1.54, 1.807) is 11.1 Å². The van der Waals surface area contributed by atoms with Crippen molar-refractivity contribution in [3.63, 3.8) is 0 Å². The molecule has 4 nitrogen and oxygen atoms in total. The van der Waals surface area contributed by atoms with Crippen molar-refractivity contribution in [3.05, 3.63) is 53.1 Å². The molecule has 0 radical (unpaired) electrons. The summed E-state index contributed by atoms with van der Waals surface area (Å²) >= 11 is 0. The quantitative estimate of drug-likeness (QED) is 0.347. The number of piperidine rings is 1. The van der Waals surface area contributed by atoms with Crippen molar-refractivity contribution >= 4 is 5.57 Å². The van der Waals surface area contributed by atoms with Crippen molar-refractivity contribution < 1.29 is 0 Å². The van der Waals surface area contributed by atoms with Gasteiger partial charge >= 0.3 is 0 Å². The van der Waals surface area contributed by atoms with Crippen LogP contribution in [0.3, 0.4) is 0 Å². The molecule has 0 saturated carbocycles. The summed E-state index contributed by atoms with van der Waals surface area (Å²) in [4.78, 5) is 10.1. The molecule has 0 atom stereocenters. The predicted molar refractivity (Wildman–Crippen MR) is 181 cm³/mol. The molecule has 4 heteroatoms. The van der Waals surface area contributed by atoms with E-state index in [9.17, 15) is 0 Å². The maximum absolute atomic E-state index is 2.59. The van der Waals surface area contributed by atoms with Crippen molar-refractivity contribution in [1.82, 2.24) is 19.6 Å². The Morgan fingerprint density at radius 1 is 0.537 bits per heavy atom. The van der Waals surface area contributed by atoms with Crippen molar-refractivity contribution in [3.8, 4) is 0 Å². The average molecular weight is 565 g/mol. The van der Waals surface area contributed by atoms with Crippen LogP contribution in [0.4, 0.5) is 0 Å². The van der Waals surface area contributed by atoms with Crippen LogP contribution in [-0.2, 0) is 6.42 Å². The lowest BCUT2D eigenvalue weighted by Gasteiger charge is -2.31. The van der Waals surface area contributed by atoms with Crippen molar-refractivity contribution in [2.24, 2.45) is 0 Å². The van der Waals surface area contributed by atoms with Crippen LogP contribution in [0.5, 0.6) is 0 Å². The minimum atomic E-state index is 0.678. The third kappa shape index (κ3) is 11.0. The van der Waals surface area contributed by atoms with Gasteiger partial charge in [-0.1, -0.05) is 42.8 Å². The Labute approximate surface area is 254 Å². The fourth-order valence-corrected chi connectivity index (χ4v) is 6.59. The van der Waals surface area contributed by atoms with Gasteiger partial charge in [0, 0.05) is 50.3 Å². The SMILES string of the molecule is CC(C)N1CC=CC1.CC(C)N1CCC2=C(Cc3ccccc32)C1.CC(C)N1CCCC1.CC(C)N1CCCCC1. The molecule has 232 valence electrons. The Morgan fingerprint density at radius 2 is 1.02 bits per heavy atom. The lowest BCUT2D eigenvalue weighted by atomic mass is 9.98. The van der Waals surface area contributed by atoms with Gasteiger partial charge in [-0.2, -0.15) is 0 Å². The predicted octanol–water partition coefficient (Wildman–Crippen LogP) is 7.75. The molecule has 0 unspecified atom stereocenters. The van der Waals surface area contributed by atoms with Gasteiger partial charge in [-0.25, -0.2) is 0 Å². The topological polar surface area (TPSA) is 13.0 Å². The van der Waals surface area contributed by atoms with E-state index in [0.29, 0.717) is 12.1 Å². The molecule has 41 heavy (non-hydrogen) atoms. The number of hydrogen-bond donors (Lipinski definition) is 0. The van der Waals surface area contributed by atoms with E-state index >= 15 is 0 Å². The molecule has 0 spiro atoms. The summed E-state index contributed by atoms with van der Waals surface area (Å²) in [5, 5.41) is 0. The van der Waals surface area contributed by atoms with Crippen LogP contribution in [0.25, 0.3) is 5.57 Å². The largest absolute Gasteiger partial charge is 0.301 e. The second-order valence-corrected chi connectivity index (χ2v) is 13.8. The minimum Gasteiger partial charge on any atom is -0.301 e. The Bertz CT molecular complexity index is 918. The van der Waals surface area contributed by atoms with Crippen LogP contribution in [0.1, 0.15) is 105 Å². The molecule has 0 N–H and O–H groups in total. The summed E-state index contributed by atoms with van der Waals surface area (Å²) in [6.07, 6.45) is 14.0.